The average molecular weight is 480 g/mol. The first-order valence-corrected chi connectivity index (χ1v) is 12.1. The molecule has 3 heterocycles. The Morgan fingerprint density at radius 2 is 1.94 bits per heavy atom. The van der Waals surface area contributed by atoms with Crippen molar-refractivity contribution in [2.24, 2.45) is 5.73 Å². The highest BCUT2D eigenvalue weighted by Gasteiger charge is 2.19. The summed E-state index contributed by atoms with van der Waals surface area (Å²) in [6, 6.07) is 8.51. The zero-order valence-electron chi connectivity index (χ0n) is 20.5. The lowest BCUT2D eigenvalue weighted by Crippen LogP contribution is -2.33. The first-order chi connectivity index (χ1) is 16.8. The third-order valence-electron chi connectivity index (χ3n) is 6.47. The van der Waals surface area contributed by atoms with Gasteiger partial charge in [0.25, 0.3) is 5.91 Å². The number of nitrogens with one attached hydrogen (secondary N) is 3. The zero-order valence-corrected chi connectivity index (χ0v) is 20.5. The van der Waals surface area contributed by atoms with Gasteiger partial charge < -0.3 is 26.1 Å². The third-order valence-corrected chi connectivity index (χ3v) is 6.47. The number of rotatable bonds is 8. The highest BCUT2D eigenvalue weighted by atomic mass is 19.1. The van der Waals surface area contributed by atoms with Gasteiger partial charge in [-0.25, -0.2) is 9.37 Å². The van der Waals surface area contributed by atoms with E-state index in [0.717, 1.165) is 54.1 Å². The predicted molar refractivity (Wildman–Crippen MR) is 136 cm³/mol. The number of halogens is 1. The summed E-state index contributed by atoms with van der Waals surface area (Å²) in [6.07, 6.45) is 5.55. The molecule has 4 rings (SSSR count). The number of benzene rings is 1. The van der Waals surface area contributed by atoms with Crippen LogP contribution < -0.4 is 16.4 Å². The highest BCUT2D eigenvalue weighted by molar-refractivity contribution is 5.94. The maximum atomic E-state index is 14.2. The SMILES string of the molecule is Cc1cnc(NC2CCOCC2)cc1-c1c[nH]c(C(=O)NC(CN)c2cc(F)cc(C(C)C)c2)c1. The summed E-state index contributed by atoms with van der Waals surface area (Å²) in [4.78, 5) is 20.6. The molecule has 0 aliphatic carbocycles. The van der Waals surface area contributed by atoms with Crippen molar-refractivity contribution in [2.75, 3.05) is 25.1 Å². The highest BCUT2D eigenvalue weighted by Crippen LogP contribution is 2.27. The molecule has 1 aliphatic heterocycles. The largest absolute Gasteiger partial charge is 0.381 e. The van der Waals surface area contributed by atoms with E-state index in [1.165, 1.54) is 12.1 Å². The molecule has 1 amide bonds. The molecule has 2 aromatic heterocycles. The van der Waals surface area contributed by atoms with Gasteiger partial charge in [-0.3, -0.25) is 4.79 Å². The summed E-state index contributed by atoms with van der Waals surface area (Å²) in [5, 5.41) is 6.43. The fraction of sp³-hybridized carbons (Fsp3) is 0.407. The first-order valence-electron chi connectivity index (χ1n) is 12.1. The van der Waals surface area contributed by atoms with E-state index in [9.17, 15) is 9.18 Å². The molecule has 0 saturated carbocycles. The average Bonchev–Trinajstić information content (AvgIpc) is 3.34. The fourth-order valence-corrected chi connectivity index (χ4v) is 4.33. The summed E-state index contributed by atoms with van der Waals surface area (Å²) >= 11 is 0. The molecule has 1 fully saturated rings. The van der Waals surface area contributed by atoms with Gasteiger partial charge in [0.1, 0.15) is 17.3 Å². The minimum atomic E-state index is -0.500. The third kappa shape index (κ3) is 6.07. The van der Waals surface area contributed by atoms with Gasteiger partial charge in [0.05, 0.1) is 6.04 Å². The van der Waals surface area contributed by atoms with Crippen molar-refractivity contribution >= 4 is 11.7 Å². The molecule has 0 bridgehead atoms. The molecule has 1 atom stereocenters. The number of amides is 1. The number of carbonyl (C=O) groups excluding carboxylic acids is 1. The van der Waals surface area contributed by atoms with Crippen molar-refractivity contribution in [3.8, 4) is 11.1 Å². The van der Waals surface area contributed by atoms with Crippen molar-refractivity contribution in [2.45, 2.75) is 51.6 Å². The molecular formula is C27H34FN5O2. The lowest BCUT2D eigenvalue weighted by atomic mass is 9.97. The molecule has 1 unspecified atom stereocenters. The van der Waals surface area contributed by atoms with Crippen LogP contribution in [0, 0.1) is 12.7 Å². The van der Waals surface area contributed by atoms with E-state index in [1.807, 2.05) is 51.4 Å². The number of nitrogens with zero attached hydrogens (tertiary/aromatic N) is 1. The lowest BCUT2D eigenvalue weighted by molar-refractivity contribution is 0.0903. The number of aromatic nitrogens is 2. The molecule has 1 aliphatic rings. The van der Waals surface area contributed by atoms with Crippen LogP contribution in [0.3, 0.4) is 0 Å². The number of aromatic amines is 1. The van der Waals surface area contributed by atoms with Crippen LogP contribution in [0.15, 0.2) is 42.7 Å². The van der Waals surface area contributed by atoms with Crippen molar-refractivity contribution in [3.63, 3.8) is 0 Å². The van der Waals surface area contributed by atoms with Crippen molar-refractivity contribution in [1.82, 2.24) is 15.3 Å². The fourth-order valence-electron chi connectivity index (χ4n) is 4.33. The van der Waals surface area contributed by atoms with Crippen LogP contribution >= 0.6 is 0 Å². The normalized spacial score (nSPS) is 15.3. The van der Waals surface area contributed by atoms with Crippen LogP contribution in [0.5, 0.6) is 0 Å². The maximum absolute atomic E-state index is 14.2. The molecule has 5 N–H and O–H groups in total. The number of anilines is 1. The molecule has 8 heteroatoms. The Kier molecular flexibility index (Phi) is 7.83. The summed E-state index contributed by atoms with van der Waals surface area (Å²) in [5.74, 6) is 0.340. The summed E-state index contributed by atoms with van der Waals surface area (Å²) in [5.41, 5.74) is 10.8. The molecular weight excluding hydrogens is 445 g/mol. The van der Waals surface area contributed by atoms with E-state index in [-0.39, 0.29) is 24.2 Å². The monoisotopic (exact) mass is 479 g/mol. The molecule has 35 heavy (non-hydrogen) atoms. The topological polar surface area (TPSA) is 105 Å². The second-order valence-electron chi connectivity index (χ2n) is 9.45. The Hall–Kier alpha value is -3.23. The predicted octanol–water partition coefficient (Wildman–Crippen LogP) is 4.67. The van der Waals surface area contributed by atoms with Gasteiger partial charge in [-0.05, 0) is 72.2 Å². The quantitative estimate of drug-likeness (QED) is 0.376. The maximum Gasteiger partial charge on any atom is 0.268 e. The van der Waals surface area contributed by atoms with Gasteiger partial charge in [0, 0.05) is 43.8 Å². The van der Waals surface area contributed by atoms with Gasteiger partial charge in [-0.2, -0.15) is 0 Å². The van der Waals surface area contributed by atoms with Crippen LogP contribution in [0.1, 0.15) is 65.8 Å². The van der Waals surface area contributed by atoms with Crippen LogP contribution in [0.4, 0.5) is 10.2 Å². The summed E-state index contributed by atoms with van der Waals surface area (Å²) in [7, 11) is 0. The van der Waals surface area contributed by atoms with E-state index in [0.29, 0.717) is 17.3 Å². The second-order valence-corrected chi connectivity index (χ2v) is 9.45. The molecule has 0 spiro atoms. The smallest absolute Gasteiger partial charge is 0.268 e. The molecule has 7 nitrogen and oxygen atoms in total. The number of hydrogen-bond donors (Lipinski definition) is 4. The van der Waals surface area contributed by atoms with Gasteiger partial charge in [-0.15, -0.1) is 0 Å². The minimum absolute atomic E-state index is 0.158. The van der Waals surface area contributed by atoms with Gasteiger partial charge >= 0.3 is 0 Å². The standard InChI is InChI=1S/C27H34FN5O2/c1-16(2)18-8-19(10-21(28)9-18)25(13-29)33-27(34)24-11-20(15-30-24)23-12-26(31-14-17(23)3)32-22-4-6-35-7-5-22/h8-12,14-16,22,25,30H,4-7,13,29H2,1-3H3,(H,31,32)(H,33,34). The van der Waals surface area contributed by atoms with Crippen molar-refractivity contribution in [1.29, 1.82) is 0 Å². The van der Waals surface area contributed by atoms with Crippen LogP contribution in [-0.2, 0) is 4.74 Å². The van der Waals surface area contributed by atoms with Crippen molar-refractivity contribution in [3.05, 3.63) is 70.9 Å². The molecule has 3 aromatic rings. The Morgan fingerprint density at radius 3 is 2.66 bits per heavy atom. The lowest BCUT2D eigenvalue weighted by Gasteiger charge is -2.24. The van der Waals surface area contributed by atoms with Crippen LogP contribution in [0.25, 0.3) is 11.1 Å². The summed E-state index contributed by atoms with van der Waals surface area (Å²) in [6.45, 7) is 7.66. The molecule has 1 aromatic carbocycles. The van der Waals surface area contributed by atoms with Crippen LogP contribution in [-0.4, -0.2) is 41.7 Å². The van der Waals surface area contributed by atoms with Gasteiger partial charge in [0.2, 0.25) is 0 Å². The van der Waals surface area contributed by atoms with Gasteiger partial charge in [0.15, 0.2) is 0 Å². The first kappa shape index (κ1) is 24.9. The Bertz CT molecular complexity index is 1170. The van der Waals surface area contributed by atoms with E-state index >= 15 is 0 Å². The van der Waals surface area contributed by atoms with E-state index in [1.54, 1.807) is 0 Å². The number of ether oxygens (including phenoxy) is 1. The van der Waals surface area contributed by atoms with E-state index in [2.05, 4.69) is 20.6 Å². The van der Waals surface area contributed by atoms with E-state index < -0.39 is 6.04 Å². The Balaban J connectivity index is 1.50. The number of aryl methyl sites for hydroxylation is 1. The number of carbonyl (C=O) groups is 1. The summed E-state index contributed by atoms with van der Waals surface area (Å²) < 4.78 is 19.6. The minimum Gasteiger partial charge on any atom is -0.381 e. The Morgan fingerprint density at radius 1 is 1.20 bits per heavy atom. The molecule has 0 radical (unpaired) electrons. The van der Waals surface area contributed by atoms with Crippen LogP contribution in [0.2, 0.25) is 0 Å². The Labute approximate surface area is 205 Å². The van der Waals surface area contributed by atoms with Gasteiger partial charge in [-0.1, -0.05) is 19.9 Å². The number of pyridine rings is 1. The molecule has 1 saturated heterocycles. The molecule has 186 valence electrons. The number of nitrogens with two attached hydrogens (primary N) is 1. The zero-order chi connectivity index (χ0) is 24.9. The van der Waals surface area contributed by atoms with E-state index in [4.69, 9.17) is 10.5 Å². The number of hydrogen-bond acceptors (Lipinski definition) is 5. The second kappa shape index (κ2) is 11.0. The number of H-pyrrole nitrogens is 1. The van der Waals surface area contributed by atoms with Crippen molar-refractivity contribution < 1.29 is 13.9 Å².